The van der Waals surface area contributed by atoms with E-state index in [-0.39, 0.29) is 0 Å². The summed E-state index contributed by atoms with van der Waals surface area (Å²) in [6.45, 7) is 0. The Balaban J connectivity index is 3.12. The van der Waals surface area contributed by atoms with E-state index in [0.29, 0.717) is 15.6 Å². The van der Waals surface area contributed by atoms with Gasteiger partial charge in [-0.05, 0) is 13.1 Å². The zero-order chi connectivity index (χ0) is 11.4. The van der Waals surface area contributed by atoms with Crippen molar-refractivity contribution in [2.75, 3.05) is 14.2 Å². The highest BCUT2D eigenvalue weighted by atomic mass is 35.5. The fraction of sp³-hybridized carbons (Fsp3) is 0.300. The van der Waals surface area contributed by atoms with Crippen LogP contribution in [0.2, 0.25) is 10.0 Å². The lowest BCUT2D eigenvalue weighted by molar-refractivity contribution is -0.143. The van der Waals surface area contributed by atoms with E-state index < -0.39 is 12.0 Å². The normalized spacial score (nSPS) is 12.3. The lowest BCUT2D eigenvalue weighted by Crippen LogP contribution is -2.26. The number of methoxy groups -OCH3 is 1. The van der Waals surface area contributed by atoms with Gasteiger partial charge in [-0.25, -0.2) is 4.79 Å². The lowest BCUT2D eigenvalue weighted by Gasteiger charge is -2.15. The highest BCUT2D eigenvalue weighted by molar-refractivity contribution is 6.42. The third kappa shape index (κ3) is 2.62. The number of carbonyl (C=O) groups excluding carboxylic acids is 1. The van der Waals surface area contributed by atoms with Crippen molar-refractivity contribution in [3.63, 3.8) is 0 Å². The summed E-state index contributed by atoms with van der Waals surface area (Å²) in [6, 6.07) is 4.53. The Morgan fingerprint density at radius 3 is 2.67 bits per heavy atom. The summed E-state index contributed by atoms with van der Waals surface area (Å²) in [4.78, 5) is 11.4. The first kappa shape index (κ1) is 12.3. The molecule has 0 unspecified atom stereocenters. The van der Waals surface area contributed by atoms with Crippen molar-refractivity contribution in [2.24, 2.45) is 0 Å². The van der Waals surface area contributed by atoms with Crippen molar-refractivity contribution in [1.82, 2.24) is 5.32 Å². The summed E-state index contributed by atoms with van der Waals surface area (Å²) in [7, 11) is 2.98. The van der Waals surface area contributed by atoms with Gasteiger partial charge in [-0.15, -0.1) is 0 Å². The molecule has 0 aliphatic rings. The van der Waals surface area contributed by atoms with E-state index >= 15 is 0 Å². The summed E-state index contributed by atoms with van der Waals surface area (Å²) in [6.07, 6.45) is 0. The Hall–Kier alpha value is -0.770. The molecule has 0 amide bonds. The molecule has 1 aromatic carbocycles. The first-order valence-electron chi connectivity index (χ1n) is 4.30. The van der Waals surface area contributed by atoms with Crippen LogP contribution >= 0.6 is 23.2 Å². The quantitative estimate of drug-likeness (QED) is 0.835. The molecular formula is C10H11Cl2NO2. The molecule has 82 valence electrons. The van der Waals surface area contributed by atoms with E-state index in [9.17, 15) is 4.79 Å². The maximum Gasteiger partial charge on any atom is 0.327 e. The first-order chi connectivity index (χ1) is 7.11. The fourth-order valence-electron chi connectivity index (χ4n) is 1.26. The standard InChI is InChI=1S/C10H11Cl2NO2/c1-13-9(10(14)15-2)6-4-3-5-7(11)8(6)12/h3-5,9,13H,1-2H3/t9-/m0/s1. The second-order valence-corrected chi connectivity index (χ2v) is 3.67. The maximum atomic E-state index is 11.4. The van der Waals surface area contributed by atoms with Crippen LogP contribution in [-0.4, -0.2) is 20.1 Å². The molecule has 1 aromatic rings. The van der Waals surface area contributed by atoms with Crippen LogP contribution in [0.4, 0.5) is 0 Å². The Kier molecular flexibility index (Phi) is 4.39. The summed E-state index contributed by atoms with van der Waals surface area (Å²) in [5, 5.41) is 3.60. The van der Waals surface area contributed by atoms with Crippen LogP contribution < -0.4 is 5.32 Å². The van der Waals surface area contributed by atoms with Crippen molar-refractivity contribution in [1.29, 1.82) is 0 Å². The predicted molar refractivity (Wildman–Crippen MR) is 60.3 cm³/mol. The van der Waals surface area contributed by atoms with Gasteiger partial charge in [0.15, 0.2) is 0 Å². The Morgan fingerprint density at radius 1 is 1.47 bits per heavy atom. The average molecular weight is 248 g/mol. The van der Waals surface area contributed by atoms with Crippen LogP contribution in [-0.2, 0) is 9.53 Å². The van der Waals surface area contributed by atoms with Crippen molar-refractivity contribution in [2.45, 2.75) is 6.04 Å². The second kappa shape index (κ2) is 5.35. The molecule has 5 heteroatoms. The minimum atomic E-state index is -0.596. The summed E-state index contributed by atoms with van der Waals surface area (Å²) < 4.78 is 4.65. The SMILES string of the molecule is CN[C@H](C(=O)OC)c1cccc(Cl)c1Cl. The van der Waals surface area contributed by atoms with Gasteiger partial charge in [0.25, 0.3) is 0 Å². The number of ether oxygens (including phenoxy) is 1. The highest BCUT2D eigenvalue weighted by Crippen LogP contribution is 2.30. The molecule has 0 fully saturated rings. The molecule has 0 saturated carbocycles. The van der Waals surface area contributed by atoms with Crippen LogP contribution in [0.25, 0.3) is 0 Å². The molecule has 1 rings (SSSR count). The molecule has 3 nitrogen and oxygen atoms in total. The first-order valence-corrected chi connectivity index (χ1v) is 5.06. The molecule has 0 aliphatic carbocycles. The van der Waals surface area contributed by atoms with E-state index in [1.807, 2.05) is 0 Å². The smallest absolute Gasteiger partial charge is 0.327 e. The topological polar surface area (TPSA) is 38.3 Å². The van der Waals surface area contributed by atoms with Crippen LogP contribution in [0.15, 0.2) is 18.2 Å². The number of carbonyl (C=O) groups is 1. The monoisotopic (exact) mass is 247 g/mol. The van der Waals surface area contributed by atoms with Crippen molar-refractivity contribution >= 4 is 29.2 Å². The summed E-state index contributed by atoms with van der Waals surface area (Å²) >= 11 is 11.8. The minimum Gasteiger partial charge on any atom is -0.468 e. The van der Waals surface area contributed by atoms with Gasteiger partial charge in [0.2, 0.25) is 0 Å². The number of hydrogen-bond donors (Lipinski definition) is 1. The molecule has 0 aromatic heterocycles. The predicted octanol–water partition coefficient (Wildman–Crippen LogP) is 2.43. The van der Waals surface area contributed by atoms with E-state index in [1.54, 1.807) is 25.2 Å². The van der Waals surface area contributed by atoms with Crippen molar-refractivity contribution < 1.29 is 9.53 Å². The Labute approximate surface area is 98.3 Å². The van der Waals surface area contributed by atoms with Gasteiger partial charge in [-0.1, -0.05) is 35.3 Å². The van der Waals surface area contributed by atoms with Gasteiger partial charge in [-0.3, -0.25) is 0 Å². The number of nitrogens with one attached hydrogen (secondary N) is 1. The van der Waals surface area contributed by atoms with Gasteiger partial charge >= 0.3 is 5.97 Å². The number of rotatable bonds is 3. The maximum absolute atomic E-state index is 11.4. The molecule has 0 radical (unpaired) electrons. The number of hydrogen-bond acceptors (Lipinski definition) is 3. The summed E-state index contributed by atoms with van der Waals surface area (Å²) in [5.41, 5.74) is 0.610. The van der Waals surface area contributed by atoms with Crippen LogP contribution in [0, 0.1) is 0 Å². The van der Waals surface area contributed by atoms with Gasteiger partial charge in [0.05, 0.1) is 17.2 Å². The largest absolute Gasteiger partial charge is 0.468 e. The second-order valence-electron chi connectivity index (χ2n) is 2.89. The average Bonchev–Trinajstić information content (AvgIpc) is 2.24. The van der Waals surface area contributed by atoms with Crippen molar-refractivity contribution in [3.05, 3.63) is 33.8 Å². The van der Waals surface area contributed by atoms with Crippen LogP contribution in [0.5, 0.6) is 0 Å². The zero-order valence-corrected chi connectivity index (χ0v) is 9.89. The number of benzene rings is 1. The molecular weight excluding hydrogens is 237 g/mol. The highest BCUT2D eigenvalue weighted by Gasteiger charge is 2.22. The zero-order valence-electron chi connectivity index (χ0n) is 8.38. The minimum absolute atomic E-state index is 0.365. The van der Waals surface area contributed by atoms with Gasteiger partial charge in [0.1, 0.15) is 6.04 Å². The lowest BCUT2D eigenvalue weighted by atomic mass is 10.1. The molecule has 0 saturated heterocycles. The third-order valence-corrected chi connectivity index (χ3v) is 2.85. The summed E-state index contributed by atoms with van der Waals surface area (Å²) in [5.74, 6) is -0.401. The third-order valence-electron chi connectivity index (χ3n) is 2.02. The Bertz CT molecular complexity index is 368. The molecule has 0 spiro atoms. The fourth-order valence-corrected chi connectivity index (χ4v) is 1.68. The van der Waals surface area contributed by atoms with Gasteiger partial charge in [0, 0.05) is 5.56 Å². The molecule has 1 N–H and O–H groups in total. The van der Waals surface area contributed by atoms with Crippen LogP contribution in [0.1, 0.15) is 11.6 Å². The molecule has 15 heavy (non-hydrogen) atoms. The van der Waals surface area contributed by atoms with Gasteiger partial charge < -0.3 is 10.1 Å². The molecule has 0 bridgehead atoms. The Morgan fingerprint density at radius 2 is 2.13 bits per heavy atom. The van der Waals surface area contributed by atoms with Gasteiger partial charge in [-0.2, -0.15) is 0 Å². The molecule has 0 aliphatic heterocycles. The molecule has 0 heterocycles. The number of likely N-dealkylation sites (N-methyl/N-ethyl adjacent to an activating group) is 1. The van der Waals surface area contributed by atoms with E-state index in [1.165, 1.54) is 7.11 Å². The van der Waals surface area contributed by atoms with Crippen molar-refractivity contribution in [3.8, 4) is 0 Å². The van der Waals surface area contributed by atoms with Crippen LogP contribution in [0.3, 0.4) is 0 Å². The van der Waals surface area contributed by atoms with E-state index in [4.69, 9.17) is 23.2 Å². The molecule has 1 atom stereocenters. The number of halogens is 2. The van der Waals surface area contributed by atoms with E-state index in [2.05, 4.69) is 10.1 Å². The van der Waals surface area contributed by atoms with E-state index in [0.717, 1.165) is 0 Å². The number of esters is 1.